The predicted octanol–water partition coefficient (Wildman–Crippen LogP) is 1.51. The fraction of sp³-hybridized carbons (Fsp3) is 1.00. The monoisotopic (exact) mass is 146 g/mol. The summed E-state index contributed by atoms with van der Waals surface area (Å²) in [5.41, 5.74) is 0. The van der Waals surface area contributed by atoms with Gasteiger partial charge in [-0.25, -0.2) is 0 Å². The minimum absolute atomic E-state index is 0.0338. The zero-order chi connectivity index (χ0) is 7.98. The molecule has 0 aliphatic heterocycles. The molecule has 0 unspecified atom stereocenters. The molecule has 1 atom stereocenters. The van der Waals surface area contributed by atoms with Gasteiger partial charge in [0.1, 0.15) is 0 Å². The van der Waals surface area contributed by atoms with Crippen molar-refractivity contribution in [2.75, 3.05) is 0 Å². The van der Waals surface area contributed by atoms with Gasteiger partial charge in [-0.3, -0.25) is 0 Å². The molecule has 2 N–H and O–H groups in total. The molecule has 0 aliphatic rings. The Balaban J connectivity index is 3.13. The summed E-state index contributed by atoms with van der Waals surface area (Å²) >= 11 is 0. The van der Waals surface area contributed by atoms with E-state index in [-0.39, 0.29) is 5.92 Å². The Bertz CT molecular complexity index is 71.7. The summed E-state index contributed by atoms with van der Waals surface area (Å²) in [7, 11) is 0. The molecule has 0 heterocycles. The Morgan fingerprint density at radius 2 is 1.80 bits per heavy atom. The molecule has 0 bridgehead atoms. The molecule has 0 rings (SSSR count). The maximum Gasteiger partial charge on any atom is 0.154 e. The normalized spacial score (nSPS) is 14.1. The first-order valence-corrected chi connectivity index (χ1v) is 4.04. The van der Waals surface area contributed by atoms with Gasteiger partial charge >= 0.3 is 0 Å². The minimum atomic E-state index is -1.13. The highest BCUT2D eigenvalue weighted by Crippen LogP contribution is 2.11. The van der Waals surface area contributed by atoms with Crippen molar-refractivity contribution < 1.29 is 10.2 Å². The predicted molar refractivity (Wildman–Crippen MR) is 41.5 cm³/mol. The van der Waals surface area contributed by atoms with E-state index in [2.05, 4.69) is 6.92 Å². The van der Waals surface area contributed by atoms with Crippen LogP contribution in [0.25, 0.3) is 0 Å². The van der Waals surface area contributed by atoms with Gasteiger partial charge in [-0.05, 0) is 6.42 Å². The van der Waals surface area contributed by atoms with Crippen LogP contribution >= 0.6 is 0 Å². The van der Waals surface area contributed by atoms with Crippen LogP contribution in [0.5, 0.6) is 0 Å². The zero-order valence-corrected chi connectivity index (χ0v) is 6.88. The Kier molecular flexibility index (Phi) is 5.64. The lowest BCUT2D eigenvalue weighted by atomic mass is 10.0. The van der Waals surface area contributed by atoms with Crippen molar-refractivity contribution in [1.29, 1.82) is 0 Å². The van der Waals surface area contributed by atoms with Crippen LogP contribution in [0.4, 0.5) is 0 Å². The molecule has 0 radical (unpaired) electrons. The Morgan fingerprint density at radius 1 is 1.20 bits per heavy atom. The summed E-state index contributed by atoms with van der Waals surface area (Å²) in [6.45, 7) is 4.00. The van der Waals surface area contributed by atoms with Crippen molar-refractivity contribution in [3.8, 4) is 0 Å². The van der Waals surface area contributed by atoms with Crippen LogP contribution < -0.4 is 0 Å². The van der Waals surface area contributed by atoms with Crippen LogP contribution in [0.3, 0.4) is 0 Å². The molecule has 10 heavy (non-hydrogen) atoms. The molecule has 0 aliphatic carbocycles. The summed E-state index contributed by atoms with van der Waals surface area (Å²) in [6.07, 6.45) is 3.28. The third kappa shape index (κ3) is 4.77. The summed E-state index contributed by atoms with van der Waals surface area (Å²) < 4.78 is 0. The molecule has 0 amide bonds. The molecule has 0 spiro atoms. The standard InChI is InChI=1S/C8H18O2/c1-3-4-5-6-7(2)8(9)10/h7-10H,3-6H2,1-2H3/t7-/m0/s1. The highest BCUT2D eigenvalue weighted by molar-refractivity contribution is 4.53. The van der Waals surface area contributed by atoms with Gasteiger partial charge in [0.2, 0.25) is 0 Å². The van der Waals surface area contributed by atoms with E-state index >= 15 is 0 Å². The largest absolute Gasteiger partial charge is 0.368 e. The second-order valence-electron chi connectivity index (χ2n) is 2.89. The van der Waals surface area contributed by atoms with Gasteiger partial charge in [-0.1, -0.05) is 33.1 Å². The summed E-state index contributed by atoms with van der Waals surface area (Å²) in [6, 6.07) is 0. The fourth-order valence-corrected chi connectivity index (χ4v) is 0.865. The Hall–Kier alpha value is -0.0800. The molecular formula is C8H18O2. The highest BCUT2D eigenvalue weighted by Gasteiger charge is 2.08. The van der Waals surface area contributed by atoms with Crippen LogP contribution in [0, 0.1) is 5.92 Å². The molecule has 0 saturated carbocycles. The molecule has 0 aromatic carbocycles. The maximum absolute atomic E-state index is 8.68. The van der Waals surface area contributed by atoms with Gasteiger partial charge < -0.3 is 10.2 Å². The van der Waals surface area contributed by atoms with Gasteiger partial charge in [0.15, 0.2) is 6.29 Å². The second-order valence-corrected chi connectivity index (χ2v) is 2.89. The first-order valence-electron chi connectivity index (χ1n) is 4.04. The van der Waals surface area contributed by atoms with E-state index in [4.69, 9.17) is 10.2 Å². The molecule has 0 aromatic rings. The van der Waals surface area contributed by atoms with Gasteiger partial charge in [0, 0.05) is 5.92 Å². The first-order chi connectivity index (χ1) is 4.68. The smallest absolute Gasteiger partial charge is 0.154 e. The van der Waals surface area contributed by atoms with Crippen molar-refractivity contribution in [3.05, 3.63) is 0 Å². The third-order valence-corrected chi connectivity index (χ3v) is 1.77. The molecule has 2 heteroatoms. The van der Waals surface area contributed by atoms with Crippen LogP contribution in [0.2, 0.25) is 0 Å². The van der Waals surface area contributed by atoms with E-state index < -0.39 is 6.29 Å². The fourth-order valence-electron chi connectivity index (χ4n) is 0.865. The number of hydrogen-bond donors (Lipinski definition) is 2. The Morgan fingerprint density at radius 3 is 2.20 bits per heavy atom. The highest BCUT2D eigenvalue weighted by atomic mass is 16.5. The molecular weight excluding hydrogens is 128 g/mol. The molecule has 0 saturated heterocycles. The van der Waals surface area contributed by atoms with Crippen LogP contribution in [0.1, 0.15) is 39.5 Å². The van der Waals surface area contributed by atoms with Crippen molar-refractivity contribution in [3.63, 3.8) is 0 Å². The van der Waals surface area contributed by atoms with E-state index in [1.165, 1.54) is 12.8 Å². The average molecular weight is 146 g/mol. The van der Waals surface area contributed by atoms with Gasteiger partial charge in [0.25, 0.3) is 0 Å². The van der Waals surface area contributed by atoms with E-state index in [9.17, 15) is 0 Å². The first kappa shape index (κ1) is 9.92. The average Bonchev–Trinajstić information content (AvgIpc) is 1.88. The van der Waals surface area contributed by atoms with Crippen molar-refractivity contribution >= 4 is 0 Å². The van der Waals surface area contributed by atoms with Gasteiger partial charge in [-0.2, -0.15) is 0 Å². The summed E-state index contributed by atoms with van der Waals surface area (Å²) in [4.78, 5) is 0. The summed E-state index contributed by atoms with van der Waals surface area (Å²) in [5, 5.41) is 17.4. The minimum Gasteiger partial charge on any atom is -0.368 e. The number of aliphatic hydroxyl groups excluding tert-OH is 1. The van der Waals surface area contributed by atoms with Crippen LogP contribution in [-0.2, 0) is 0 Å². The van der Waals surface area contributed by atoms with Gasteiger partial charge in [-0.15, -0.1) is 0 Å². The van der Waals surface area contributed by atoms with Crippen molar-refractivity contribution in [2.24, 2.45) is 5.92 Å². The van der Waals surface area contributed by atoms with E-state index in [1.54, 1.807) is 0 Å². The van der Waals surface area contributed by atoms with Crippen LogP contribution in [-0.4, -0.2) is 16.5 Å². The summed E-state index contributed by atoms with van der Waals surface area (Å²) in [5.74, 6) is 0.0338. The zero-order valence-electron chi connectivity index (χ0n) is 6.88. The molecule has 0 fully saturated rings. The van der Waals surface area contributed by atoms with Gasteiger partial charge in [0.05, 0.1) is 0 Å². The quantitative estimate of drug-likeness (QED) is 0.456. The third-order valence-electron chi connectivity index (χ3n) is 1.77. The van der Waals surface area contributed by atoms with Crippen molar-refractivity contribution in [1.82, 2.24) is 0 Å². The van der Waals surface area contributed by atoms with E-state index in [0.29, 0.717) is 0 Å². The van der Waals surface area contributed by atoms with E-state index in [1.807, 2.05) is 6.92 Å². The number of aliphatic hydroxyl groups is 2. The van der Waals surface area contributed by atoms with E-state index in [0.717, 1.165) is 12.8 Å². The molecule has 2 nitrogen and oxygen atoms in total. The van der Waals surface area contributed by atoms with Crippen LogP contribution in [0.15, 0.2) is 0 Å². The molecule has 0 aromatic heterocycles. The number of hydrogen-bond acceptors (Lipinski definition) is 2. The molecule has 62 valence electrons. The second kappa shape index (κ2) is 5.69. The topological polar surface area (TPSA) is 40.5 Å². The lowest BCUT2D eigenvalue weighted by Gasteiger charge is -2.11. The lowest BCUT2D eigenvalue weighted by Crippen LogP contribution is -2.15. The maximum atomic E-state index is 8.68. The lowest BCUT2D eigenvalue weighted by molar-refractivity contribution is -0.0807. The van der Waals surface area contributed by atoms with Crippen molar-refractivity contribution in [2.45, 2.75) is 45.8 Å². The number of rotatable bonds is 5. The number of unbranched alkanes of at least 4 members (excludes halogenated alkanes) is 2. The Labute approximate surface area is 62.9 Å². The SMILES string of the molecule is CCCCC[C@H](C)C(O)O.